The van der Waals surface area contributed by atoms with E-state index in [0.29, 0.717) is 17.2 Å². The highest BCUT2D eigenvalue weighted by Gasteiger charge is 2.27. The van der Waals surface area contributed by atoms with Gasteiger partial charge in [-0.2, -0.15) is 12.7 Å². The minimum Gasteiger partial charge on any atom is -0.380 e. The molecule has 0 spiro atoms. The van der Waals surface area contributed by atoms with Crippen LogP contribution in [0, 0.1) is 0 Å². The van der Waals surface area contributed by atoms with E-state index in [1.807, 2.05) is 18.0 Å². The molecule has 3 aromatic rings. The van der Waals surface area contributed by atoms with Gasteiger partial charge in [0.1, 0.15) is 6.10 Å². The van der Waals surface area contributed by atoms with Gasteiger partial charge >= 0.3 is 10.2 Å². The predicted molar refractivity (Wildman–Crippen MR) is 104 cm³/mol. The number of nitrogens with one attached hydrogen (secondary N) is 1. The van der Waals surface area contributed by atoms with Crippen molar-refractivity contribution in [2.45, 2.75) is 6.10 Å². The molecule has 0 saturated heterocycles. The number of anilines is 4. The molecule has 0 aliphatic carbocycles. The number of hydrogen-bond acceptors (Lipinski definition) is 8. The topological polar surface area (TPSA) is 116 Å². The minimum atomic E-state index is -3.80. The van der Waals surface area contributed by atoms with Crippen molar-refractivity contribution in [3.05, 3.63) is 54.4 Å². The largest absolute Gasteiger partial charge is 0.380 e. The van der Waals surface area contributed by atoms with Crippen LogP contribution in [0.3, 0.4) is 0 Å². The molecule has 0 amide bonds. The Bertz CT molecular complexity index is 1140. The first-order valence-electron chi connectivity index (χ1n) is 8.40. The molecule has 0 fully saturated rings. The van der Waals surface area contributed by atoms with Crippen LogP contribution in [0.2, 0.25) is 0 Å². The lowest BCUT2D eigenvalue weighted by Crippen LogP contribution is -2.30. The first-order chi connectivity index (χ1) is 13.3. The highest BCUT2D eigenvalue weighted by Crippen LogP contribution is 2.41. The molecule has 11 heteroatoms. The Labute approximate surface area is 162 Å². The fourth-order valence-electron chi connectivity index (χ4n) is 3.04. The van der Waals surface area contributed by atoms with Gasteiger partial charge in [0.2, 0.25) is 0 Å². The molecule has 1 unspecified atom stereocenters. The molecule has 0 bridgehead atoms. The Morgan fingerprint density at radius 1 is 1.14 bits per heavy atom. The van der Waals surface area contributed by atoms with Crippen molar-refractivity contribution in [2.24, 2.45) is 0 Å². The Kier molecular flexibility index (Phi) is 4.29. The van der Waals surface area contributed by atoms with Gasteiger partial charge in [0.05, 0.1) is 11.4 Å². The van der Waals surface area contributed by atoms with E-state index >= 15 is 0 Å². The fraction of sp³-hybridized carbons (Fsp3) is 0.235. The van der Waals surface area contributed by atoms with E-state index in [1.165, 1.54) is 26.5 Å². The number of rotatable bonds is 4. The van der Waals surface area contributed by atoms with Gasteiger partial charge in [-0.1, -0.05) is 6.07 Å². The van der Waals surface area contributed by atoms with E-state index in [2.05, 4.69) is 20.3 Å². The third kappa shape index (κ3) is 2.80. The van der Waals surface area contributed by atoms with Crippen LogP contribution >= 0.6 is 0 Å². The Morgan fingerprint density at radius 2 is 1.89 bits per heavy atom. The lowest BCUT2D eigenvalue weighted by Gasteiger charge is -2.29. The van der Waals surface area contributed by atoms with Gasteiger partial charge < -0.3 is 15.3 Å². The summed E-state index contributed by atoms with van der Waals surface area (Å²) in [6.45, 7) is 0. The van der Waals surface area contributed by atoms with Crippen LogP contribution in [0.25, 0.3) is 0 Å². The van der Waals surface area contributed by atoms with Gasteiger partial charge in [-0.25, -0.2) is 18.9 Å². The molecule has 1 aliphatic rings. The molecule has 1 atom stereocenters. The molecular weight excluding hydrogens is 382 g/mol. The predicted octanol–water partition coefficient (Wildman–Crippen LogP) is 1.23. The molecular formula is C17H19N7O3S. The van der Waals surface area contributed by atoms with Crippen molar-refractivity contribution in [3.63, 3.8) is 0 Å². The van der Waals surface area contributed by atoms with Crippen molar-refractivity contribution in [2.75, 3.05) is 31.4 Å². The van der Waals surface area contributed by atoms with Crippen LogP contribution in [0.15, 0.2) is 43.0 Å². The number of fused-ring (bicyclic) bond motifs is 2. The summed E-state index contributed by atoms with van der Waals surface area (Å²) < 4.78 is 27.0. The lowest BCUT2D eigenvalue weighted by atomic mass is 10.1. The lowest BCUT2D eigenvalue weighted by molar-refractivity contribution is 0.209. The minimum absolute atomic E-state index is 0.0120. The van der Waals surface area contributed by atoms with Crippen LogP contribution in [-0.2, 0) is 10.2 Å². The first kappa shape index (κ1) is 18.3. The summed E-state index contributed by atoms with van der Waals surface area (Å²) in [4.78, 5) is 14.5. The number of benzene rings is 1. The van der Waals surface area contributed by atoms with E-state index in [9.17, 15) is 13.5 Å². The van der Waals surface area contributed by atoms with Gasteiger partial charge in [-0.3, -0.25) is 0 Å². The standard InChI is InChI=1S/C17H19N7O3S/c1-22(2)28(26,27)24-9-8-20-16(24)14(25)11-4-5-13-12(10-11)21-15-17(23(13)3)19-7-6-18-15/h4-10,14,25H,1-3H3,(H,18,21). The summed E-state index contributed by atoms with van der Waals surface area (Å²) in [7, 11) is 0.915. The average Bonchev–Trinajstić information content (AvgIpc) is 3.18. The fourth-order valence-corrected chi connectivity index (χ4v) is 3.98. The molecule has 1 aliphatic heterocycles. The van der Waals surface area contributed by atoms with Crippen LogP contribution in [0.5, 0.6) is 0 Å². The maximum Gasteiger partial charge on any atom is 0.308 e. The maximum absolute atomic E-state index is 12.5. The number of aliphatic hydroxyl groups is 1. The second-order valence-corrected chi connectivity index (χ2v) is 8.48. The average molecular weight is 401 g/mol. The summed E-state index contributed by atoms with van der Waals surface area (Å²) >= 11 is 0. The highest BCUT2D eigenvalue weighted by atomic mass is 32.2. The van der Waals surface area contributed by atoms with Crippen LogP contribution in [0.4, 0.5) is 23.0 Å². The smallest absolute Gasteiger partial charge is 0.308 e. The Balaban J connectivity index is 1.73. The van der Waals surface area contributed by atoms with E-state index in [4.69, 9.17) is 0 Å². The van der Waals surface area contributed by atoms with Crippen molar-refractivity contribution in [1.29, 1.82) is 0 Å². The molecule has 146 valence electrons. The molecule has 0 saturated carbocycles. The first-order valence-corrected chi connectivity index (χ1v) is 9.80. The van der Waals surface area contributed by atoms with Crippen molar-refractivity contribution >= 4 is 33.2 Å². The monoisotopic (exact) mass is 401 g/mol. The third-order valence-corrected chi connectivity index (χ3v) is 6.27. The van der Waals surface area contributed by atoms with Crippen molar-refractivity contribution in [1.82, 2.24) is 23.2 Å². The SMILES string of the molecule is CN1c2ccc(C(O)c3nccn3S(=O)(=O)N(C)C)cc2Nc2nccnc21. The molecule has 0 radical (unpaired) electrons. The Hall–Kier alpha value is -3.02. The van der Waals surface area contributed by atoms with Gasteiger partial charge in [0.25, 0.3) is 0 Å². The molecule has 28 heavy (non-hydrogen) atoms. The summed E-state index contributed by atoms with van der Waals surface area (Å²) in [6.07, 6.45) is 4.63. The quantitative estimate of drug-likeness (QED) is 0.671. The molecule has 2 aromatic heterocycles. The zero-order chi connectivity index (χ0) is 20.1. The maximum atomic E-state index is 12.5. The number of nitrogens with zero attached hydrogens (tertiary/aromatic N) is 6. The normalized spacial score (nSPS) is 14.4. The third-order valence-electron chi connectivity index (χ3n) is 4.54. The van der Waals surface area contributed by atoms with Crippen LogP contribution in [-0.4, -0.2) is 57.9 Å². The number of aliphatic hydroxyl groups excluding tert-OH is 1. The molecule has 2 N–H and O–H groups in total. The van der Waals surface area contributed by atoms with Crippen molar-refractivity contribution < 1.29 is 13.5 Å². The number of hydrogen-bond donors (Lipinski definition) is 2. The highest BCUT2D eigenvalue weighted by molar-refractivity contribution is 7.87. The van der Waals surface area contributed by atoms with Crippen LogP contribution < -0.4 is 10.2 Å². The molecule has 4 rings (SSSR count). The van der Waals surface area contributed by atoms with E-state index in [0.717, 1.165) is 19.7 Å². The molecule has 10 nitrogen and oxygen atoms in total. The molecule has 1 aromatic carbocycles. The Morgan fingerprint density at radius 3 is 2.64 bits per heavy atom. The van der Waals surface area contributed by atoms with E-state index < -0.39 is 16.3 Å². The summed E-state index contributed by atoms with van der Waals surface area (Å²) in [5.41, 5.74) is 2.07. The van der Waals surface area contributed by atoms with Gasteiger partial charge in [-0.05, 0) is 17.7 Å². The van der Waals surface area contributed by atoms with Crippen LogP contribution in [0.1, 0.15) is 17.5 Å². The number of aromatic nitrogens is 4. The summed E-state index contributed by atoms with van der Waals surface area (Å²) in [6, 6.07) is 5.30. The number of imidazole rings is 1. The summed E-state index contributed by atoms with van der Waals surface area (Å²) in [5, 5.41) is 14.0. The zero-order valence-corrected chi connectivity index (χ0v) is 16.3. The van der Waals surface area contributed by atoms with Gasteiger partial charge in [0, 0.05) is 45.9 Å². The summed E-state index contributed by atoms with van der Waals surface area (Å²) in [5.74, 6) is 1.30. The van der Waals surface area contributed by atoms with Crippen molar-refractivity contribution in [3.8, 4) is 0 Å². The van der Waals surface area contributed by atoms with Gasteiger partial charge in [0.15, 0.2) is 17.5 Å². The second-order valence-electron chi connectivity index (χ2n) is 6.46. The second kappa shape index (κ2) is 6.55. The van der Waals surface area contributed by atoms with E-state index in [-0.39, 0.29) is 5.82 Å². The molecule has 3 heterocycles. The zero-order valence-electron chi connectivity index (χ0n) is 15.5. The van der Waals surface area contributed by atoms with Gasteiger partial charge in [-0.15, -0.1) is 0 Å². The van der Waals surface area contributed by atoms with E-state index in [1.54, 1.807) is 24.5 Å².